The quantitative estimate of drug-likeness (QED) is 0.413. The van der Waals surface area contributed by atoms with Gasteiger partial charge in [0.25, 0.3) is 5.79 Å². The fourth-order valence-electron chi connectivity index (χ4n) is 2.42. The lowest BCUT2D eigenvalue weighted by Crippen LogP contribution is -2.42. The molecule has 0 bridgehead atoms. The zero-order chi connectivity index (χ0) is 21.1. The first-order chi connectivity index (χ1) is 13.7. The van der Waals surface area contributed by atoms with Gasteiger partial charge in [-0.15, -0.1) is 0 Å². The van der Waals surface area contributed by atoms with Crippen LogP contribution < -0.4 is 10.0 Å². The third kappa shape index (κ3) is 5.18. The monoisotopic (exact) mass is 417 g/mol. The molecule has 1 aromatic heterocycles. The molecule has 1 aromatic carbocycles. The van der Waals surface area contributed by atoms with Crippen molar-refractivity contribution in [3.05, 3.63) is 66.1 Å². The number of carbonyl (C=O) groups is 2. The summed E-state index contributed by atoms with van der Waals surface area (Å²) in [4.78, 5) is 27.9. The van der Waals surface area contributed by atoms with E-state index >= 15 is 0 Å². The number of hydrogen-bond donors (Lipinski definition) is 2. The van der Waals surface area contributed by atoms with E-state index < -0.39 is 27.7 Å². The van der Waals surface area contributed by atoms with Crippen molar-refractivity contribution in [1.29, 1.82) is 0 Å². The summed E-state index contributed by atoms with van der Waals surface area (Å²) in [5.74, 6) is -2.93. The van der Waals surface area contributed by atoms with Gasteiger partial charge in [-0.2, -0.15) is 0 Å². The molecule has 1 fully saturated rings. The average molecular weight is 417 g/mol. The summed E-state index contributed by atoms with van der Waals surface area (Å²) in [6, 6.07) is 11.0. The van der Waals surface area contributed by atoms with Crippen LogP contribution in [0.4, 0.5) is 5.69 Å². The standard InChI is InChI=1S/C19H19N3O6S/c1-19(2)27-17(23)16(18(24)28-19)12-21-13-6-8-15(9-7-13)29(25,26)22-11-14-5-3-4-10-20-14/h3-10,12,21-22H,11H2,1-2H3. The summed E-state index contributed by atoms with van der Waals surface area (Å²) < 4.78 is 37.2. The molecule has 2 heterocycles. The van der Waals surface area contributed by atoms with Gasteiger partial charge in [0.2, 0.25) is 10.0 Å². The number of pyridine rings is 1. The number of aromatic nitrogens is 1. The number of sulfonamides is 1. The molecule has 152 valence electrons. The second kappa shape index (κ2) is 8.02. The fourth-order valence-corrected chi connectivity index (χ4v) is 3.42. The second-order valence-corrected chi connectivity index (χ2v) is 8.32. The van der Waals surface area contributed by atoms with E-state index in [1.54, 1.807) is 24.4 Å². The molecule has 3 rings (SSSR count). The first kappa shape index (κ1) is 20.5. The molecule has 10 heteroatoms. The molecule has 9 nitrogen and oxygen atoms in total. The Balaban J connectivity index is 1.65. The highest BCUT2D eigenvalue weighted by molar-refractivity contribution is 7.89. The number of hydrogen-bond acceptors (Lipinski definition) is 8. The molecule has 0 saturated carbocycles. The Bertz CT molecular complexity index is 1030. The van der Waals surface area contributed by atoms with Crippen LogP contribution in [-0.4, -0.2) is 31.1 Å². The van der Waals surface area contributed by atoms with Crippen molar-refractivity contribution in [2.75, 3.05) is 5.32 Å². The van der Waals surface area contributed by atoms with Gasteiger partial charge in [-0.3, -0.25) is 4.98 Å². The van der Waals surface area contributed by atoms with Crippen LogP contribution in [0.25, 0.3) is 0 Å². The van der Waals surface area contributed by atoms with Gasteiger partial charge in [0, 0.05) is 31.9 Å². The topological polar surface area (TPSA) is 124 Å². The molecule has 0 radical (unpaired) electrons. The van der Waals surface area contributed by atoms with E-state index in [1.165, 1.54) is 38.1 Å². The molecular weight excluding hydrogens is 398 g/mol. The summed E-state index contributed by atoms with van der Waals surface area (Å²) in [5, 5.41) is 2.75. The van der Waals surface area contributed by atoms with Crippen LogP contribution in [0.3, 0.4) is 0 Å². The van der Waals surface area contributed by atoms with Crippen molar-refractivity contribution >= 4 is 27.6 Å². The smallest absolute Gasteiger partial charge is 0.350 e. The molecular formula is C19H19N3O6S. The lowest BCUT2D eigenvalue weighted by molar-refractivity contribution is -0.222. The minimum Gasteiger partial charge on any atom is -0.419 e. The predicted octanol–water partition coefficient (Wildman–Crippen LogP) is 1.69. The van der Waals surface area contributed by atoms with E-state index in [4.69, 9.17) is 9.47 Å². The fraction of sp³-hybridized carbons (Fsp3) is 0.211. The third-order valence-corrected chi connectivity index (χ3v) is 5.25. The highest BCUT2D eigenvalue weighted by Crippen LogP contribution is 2.23. The first-order valence-corrected chi connectivity index (χ1v) is 10.1. The van der Waals surface area contributed by atoms with Crippen LogP contribution in [0.5, 0.6) is 0 Å². The van der Waals surface area contributed by atoms with E-state index in [0.29, 0.717) is 11.4 Å². The second-order valence-electron chi connectivity index (χ2n) is 6.55. The van der Waals surface area contributed by atoms with Crippen LogP contribution >= 0.6 is 0 Å². The Morgan fingerprint density at radius 2 is 1.69 bits per heavy atom. The van der Waals surface area contributed by atoms with Crippen molar-refractivity contribution in [3.63, 3.8) is 0 Å². The predicted molar refractivity (Wildman–Crippen MR) is 103 cm³/mol. The molecule has 0 spiro atoms. The normalized spacial score (nSPS) is 16.0. The molecule has 2 aromatic rings. The molecule has 1 saturated heterocycles. The zero-order valence-electron chi connectivity index (χ0n) is 15.7. The number of ether oxygens (including phenoxy) is 2. The van der Waals surface area contributed by atoms with Crippen molar-refractivity contribution in [1.82, 2.24) is 9.71 Å². The molecule has 2 N–H and O–H groups in total. The summed E-state index contributed by atoms with van der Waals surface area (Å²) in [5.41, 5.74) is 0.764. The molecule has 0 amide bonds. The molecule has 0 unspecified atom stereocenters. The molecule has 1 aliphatic heterocycles. The van der Waals surface area contributed by atoms with Crippen LogP contribution in [0.1, 0.15) is 19.5 Å². The summed E-state index contributed by atoms with van der Waals surface area (Å²) >= 11 is 0. The molecule has 29 heavy (non-hydrogen) atoms. The van der Waals surface area contributed by atoms with E-state index in [1.807, 2.05) is 0 Å². The number of benzene rings is 1. The summed E-state index contributed by atoms with van der Waals surface area (Å²) in [6.45, 7) is 2.97. The van der Waals surface area contributed by atoms with E-state index in [-0.39, 0.29) is 17.0 Å². The average Bonchev–Trinajstić information content (AvgIpc) is 2.66. The highest BCUT2D eigenvalue weighted by atomic mass is 32.2. The van der Waals surface area contributed by atoms with Gasteiger partial charge < -0.3 is 14.8 Å². The van der Waals surface area contributed by atoms with Gasteiger partial charge in [0.1, 0.15) is 0 Å². The van der Waals surface area contributed by atoms with Crippen molar-refractivity contribution in [2.45, 2.75) is 31.1 Å². The Hall–Kier alpha value is -3.24. The maximum Gasteiger partial charge on any atom is 0.350 e. The minimum atomic E-state index is -3.72. The number of anilines is 1. The molecule has 0 atom stereocenters. The van der Waals surface area contributed by atoms with Crippen LogP contribution in [0.15, 0.2) is 65.3 Å². The number of rotatable bonds is 6. The van der Waals surface area contributed by atoms with Crippen molar-refractivity contribution in [2.24, 2.45) is 0 Å². The number of cyclic esters (lactones) is 2. The summed E-state index contributed by atoms with van der Waals surface area (Å²) in [6.07, 6.45) is 2.74. The maximum absolute atomic E-state index is 12.4. The number of nitrogens with zero attached hydrogens (tertiary/aromatic N) is 1. The number of esters is 2. The first-order valence-electron chi connectivity index (χ1n) is 8.59. The van der Waals surface area contributed by atoms with Gasteiger partial charge in [0.05, 0.1) is 17.1 Å². The third-order valence-electron chi connectivity index (χ3n) is 3.83. The number of carbonyl (C=O) groups excluding carboxylic acids is 2. The van der Waals surface area contributed by atoms with E-state index in [2.05, 4.69) is 15.0 Å². The molecule has 1 aliphatic rings. The van der Waals surface area contributed by atoms with E-state index in [9.17, 15) is 18.0 Å². The Morgan fingerprint density at radius 3 is 2.28 bits per heavy atom. The minimum absolute atomic E-state index is 0.0601. The van der Waals surface area contributed by atoms with Gasteiger partial charge in [-0.25, -0.2) is 22.7 Å². The van der Waals surface area contributed by atoms with Crippen LogP contribution in [0.2, 0.25) is 0 Å². The Morgan fingerprint density at radius 1 is 1.03 bits per heavy atom. The largest absolute Gasteiger partial charge is 0.419 e. The van der Waals surface area contributed by atoms with Gasteiger partial charge in [-0.1, -0.05) is 6.07 Å². The van der Waals surface area contributed by atoms with Gasteiger partial charge in [0.15, 0.2) is 5.57 Å². The van der Waals surface area contributed by atoms with Crippen LogP contribution in [-0.2, 0) is 35.6 Å². The zero-order valence-corrected chi connectivity index (χ0v) is 16.5. The van der Waals surface area contributed by atoms with Crippen molar-refractivity contribution in [3.8, 4) is 0 Å². The van der Waals surface area contributed by atoms with Crippen molar-refractivity contribution < 1.29 is 27.5 Å². The SMILES string of the molecule is CC1(C)OC(=O)C(=CNc2ccc(S(=O)(=O)NCc3ccccn3)cc2)C(=O)O1. The van der Waals surface area contributed by atoms with Crippen LogP contribution in [0, 0.1) is 0 Å². The summed E-state index contributed by atoms with van der Waals surface area (Å²) in [7, 11) is -3.72. The molecule has 0 aliphatic carbocycles. The Kier molecular flexibility index (Phi) is 5.66. The Labute approximate surface area is 167 Å². The maximum atomic E-state index is 12.4. The van der Waals surface area contributed by atoms with E-state index in [0.717, 1.165) is 6.20 Å². The van der Waals surface area contributed by atoms with Gasteiger partial charge in [-0.05, 0) is 36.4 Å². The number of nitrogens with one attached hydrogen (secondary N) is 2. The van der Waals surface area contributed by atoms with Gasteiger partial charge >= 0.3 is 11.9 Å². The lowest BCUT2D eigenvalue weighted by atomic mass is 10.2. The lowest BCUT2D eigenvalue weighted by Gasteiger charge is -2.29. The highest BCUT2D eigenvalue weighted by Gasteiger charge is 2.38.